The second kappa shape index (κ2) is 2.88. The highest BCUT2D eigenvalue weighted by atomic mass is 16.1. The number of carbonyl (C=O) groups is 1. The Morgan fingerprint density at radius 1 is 1.50 bits per heavy atom. The fraction of sp³-hybridized carbons (Fsp3) is 0.667. The zero-order chi connectivity index (χ0) is 8.36. The van der Waals surface area contributed by atoms with Crippen LogP contribution in [-0.2, 0) is 4.79 Å². The molecule has 0 aromatic rings. The minimum Gasteiger partial charge on any atom is -0.298 e. The average molecular weight is 138 g/mol. The Labute approximate surface area is 62.8 Å². The van der Waals surface area contributed by atoms with Crippen molar-refractivity contribution in [2.75, 3.05) is 0 Å². The van der Waals surface area contributed by atoms with Crippen LogP contribution in [0.4, 0.5) is 0 Å². The van der Waals surface area contributed by atoms with E-state index in [2.05, 4.69) is 5.92 Å². The Bertz CT molecular complexity index is 170. The van der Waals surface area contributed by atoms with Crippen LogP contribution in [0.2, 0.25) is 0 Å². The zero-order valence-corrected chi connectivity index (χ0v) is 7.06. The van der Waals surface area contributed by atoms with E-state index in [4.69, 9.17) is 6.42 Å². The molecule has 0 bridgehead atoms. The molecule has 0 saturated heterocycles. The van der Waals surface area contributed by atoms with Crippen molar-refractivity contribution in [1.82, 2.24) is 0 Å². The number of hydrogen-bond donors (Lipinski definition) is 0. The zero-order valence-electron chi connectivity index (χ0n) is 7.06. The lowest BCUT2D eigenvalue weighted by atomic mass is 9.83. The van der Waals surface area contributed by atoms with Gasteiger partial charge in [0.2, 0.25) is 0 Å². The highest BCUT2D eigenvalue weighted by Gasteiger charge is 2.26. The first-order valence-corrected chi connectivity index (χ1v) is 3.44. The molecule has 0 aliphatic carbocycles. The summed E-state index contributed by atoms with van der Waals surface area (Å²) >= 11 is 0. The van der Waals surface area contributed by atoms with Gasteiger partial charge in [0.15, 0.2) is 5.78 Å². The van der Waals surface area contributed by atoms with Crippen molar-refractivity contribution >= 4 is 5.78 Å². The van der Waals surface area contributed by atoms with Crippen LogP contribution in [0.3, 0.4) is 0 Å². The molecule has 1 nitrogen and oxygen atoms in total. The number of hydrogen-bond acceptors (Lipinski definition) is 1. The standard InChI is InChI=1S/C9H14O/c1-6-9(4,5)8(10)7(2)3/h1,7H,2-5H3. The first-order chi connectivity index (χ1) is 4.41. The molecule has 0 aliphatic heterocycles. The largest absolute Gasteiger partial charge is 0.298 e. The third-order valence-corrected chi connectivity index (χ3v) is 1.50. The van der Waals surface area contributed by atoms with Crippen LogP contribution in [0.25, 0.3) is 0 Å². The predicted molar refractivity (Wildman–Crippen MR) is 42.5 cm³/mol. The maximum Gasteiger partial charge on any atom is 0.152 e. The summed E-state index contributed by atoms with van der Waals surface area (Å²) in [6, 6.07) is 0. The molecular weight excluding hydrogens is 124 g/mol. The van der Waals surface area contributed by atoms with Crippen molar-refractivity contribution in [1.29, 1.82) is 0 Å². The predicted octanol–water partition coefficient (Wildman–Crippen LogP) is 1.87. The minimum absolute atomic E-state index is 0.0334. The normalized spacial score (nSPS) is 11.2. The first-order valence-electron chi connectivity index (χ1n) is 3.44. The van der Waals surface area contributed by atoms with Crippen molar-refractivity contribution in [3.8, 4) is 12.3 Å². The summed E-state index contributed by atoms with van der Waals surface area (Å²) in [6.07, 6.45) is 5.17. The molecule has 0 unspecified atom stereocenters. The summed E-state index contributed by atoms with van der Waals surface area (Å²) in [7, 11) is 0. The molecule has 0 atom stereocenters. The molecular formula is C9H14O. The molecule has 0 rings (SSSR count). The monoisotopic (exact) mass is 138 g/mol. The van der Waals surface area contributed by atoms with Gasteiger partial charge in [-0.3, -0.25) is 4.79 Å². The van der Waals surface area contributed by atoms with Crippen molar-refractivity contribution < 1.29 is 4.79 Å². The summed E-state index contributed by atoms with van der Waals surface area (Å²) in [5, 5.41) is 0. The maximum atomic E-state index is 11.3. The second-order valence-electron chi connectivity index (χ2n) is 3.29. The molecule has 0 spiro atoms. The summed E-state index contributed by atoms with van der Waals surface area (Å²) in [4.78, 5) is 11.3. The van der Waals surface area contributed by atoms with E-state index in [0.717, 1.165) is 0 Å². The van der Waals surface area contributed by atoms with Crippen molar-refractivity contribution in [2.45, 2.75) is 27.7 Å². The van der Waals surface area contributed by atoms with E-state index < -0.39 is 5.41 Å². The quantitative estimate of drug-likeness (QED) is 0.532. The van der Waals surface area contributed by atoms with Crippen LogP contribution in [0.1, 0.15) is 27.7 Å². The molecule has 56 valence electrons. The number of Topliss-reactive ketones (excluding diaryl/α,β-unsaturated/α-hetero) is 1. The molecule has 0 saturated carbocycles. The van der Waals surface area contributed by atoms with Crippen LogP contribution in [-0.4, -0.2) is 5.78 Å². The first kappa shape index (κ1) is 9.23. The molecule has 0 amide bonds. The third-order valence-electron chi connectivity index (χ3n) is 1.50. The molecule has 1 heteroatoms. The molecule has 0 heterocycles. The van der Waals surface area contributed by atoms with E-state index in [1.54, 1.807) is 13.8 Å². The smallest absolute Gasteiger partial charge is 0.152 e. The number of carbonyl (C=O) groups excluding carboxylic acids is 1. The van der Waals surface area contributed by atoms with E-state index in [9.17, 15) is 4.79 Å². The summed E-state index contributed by atoms with van der Waals surface area (Å²) in [6.45, 7) is 7.27. The molecule has 0 aromatic carbocycles. The summed E-state index contributed by atoms with van der Waals surface area (Å²) in [5.74, 6) is 2.64. The van der Waals surface area contributed by atoms with Gasteiger partial charge in [-0.25, -0.2) is 0 Å². The van der Waals surface area contributed by atoms with Crippen LogP contribution < -0.4 is 0 Å². The fourth-order valence-corrected chi connectivity index (χ4v) is 0.793. The van der Waals surface area contributed by atoms with Gasteiger partial charge >= 0.3 is 0 Å². The Balaban J connectivity index is 4.38. The lowest BCUT2D eigenvalue weighted by Gasteiger charge is -2.17. The summed E-state index contributed by atoms with van der Waals surface area (Å²) in [5.41, 5.74) is -0.589. The van der Waals surface area contributed by atoms with Crippen LogP contribution >= 0.6 is 0 Å². The van der Waals surface area contributed by atoms with E-state index in [-0.39, 0.29) is 11.7 Å². The van der Waals surface area contributed by atoms with Gasteiger partial charge < -0.3 is 0 Å². The Morgan fingerprint density at radius 3 is 2.00 bits per heavy atom. The average Bonchev–Trinajstić information content (AvgIpc) is 1.86. The molecule has 0 aliphatic rings. The van der Waals surface area contributed by atoms with E-state index in [1.807, 2.05) is 13.8 Å². The van der Waals surface area contributed by atoms with E-state index >= 15 is 0 Å². The Kier molecular flexibility index (Phi) is 2.65. The molecule has 10 heavy (non-hydrogen) atoms. The fourth-order valence-electron chi connectivity index (χ4n) is 0.793. The molecule has 0 fully saturated rings. The Morgan fingerprint density at radius 2 is 1.90 bits per heavy atom. The highest BCUT2D eigenvalue weighted by Crippen LogP contribution is 2.19. The van der Waals surface area contributed by atoms with E-state index in [1.165, 1.54) is 0 Å². The van der Waals surface area contributed by atoms with Gasteiger partial charge in [-0.1, -0.05) is 19.8 Å². The van der Waals surface area contributed by atoms with Crippen molar-refractivity contribution in [2.24, 2.45) is 11.3 Å². The van der Waals surface area contributed by atoms with Crippen LogP contribution in [0.15, 0.2) is 0 Å². The van der Waals surface area contributed by atoms with Crippen LogP contribution in [0.5, 0.6) is 0 Å². The molecule has 0 N–H and O–H groups in total. The Hall–Kier alpha value is -0.770. The SMILES string of the molecule is C#CC(C)(C)C(=O)C(C)C. The number of rotatable bonds is 2. The number of terminal acetylenes is 1. The van der Waals surface area contributed by atoms with E-state index in [0.29, 0.717) is 0 Å². The maximum absolute atomic E-state index is 11.3. The molecule has 0 radical (unpaired) electrons. The van der Waals surface area contributed by atoms with Gasteiger partial charge in [0, 0.05) is 5.92 Å². The van der Waals surface area contributed by atoms with Gasteiger partial charge in [-0.2, -0.15) is 0 Å². The minimum atomic E-state index is -0.589. The summed E-state index contributed by atoms with van der Waals surface area (Å²) < 4.78 is 0. The van der Waals surface area contributed by atoms with Gasteiger partial charge in [0.05, 0.1) is 5.41 Å². The lowest BCUT2D eigenvalue weighted by Crippen LogP contribution is -2.26. The van der Waals surface area contributed by atoms with Gasteiger partial charge in [-0.05, 0) is 13.8 Å². The highest BCUT2D eigenvalue weighted by molar-refractivity contribution is 5.88. The lowest BCUT2D eigenvalue weighted by molar-refractivity contribution is -0.127. The van der Waals surface area contributed by atoms with Crippen molar-refractivity contribution in [3.63, 3.8) is 0 Å². The third kappa shape index (κ3) is 1.88. The topological polar surface area (TPSA) is 17.1 Å². The van der Waals surface area contributed by atoms with Gasteiger partial charge in [0.25, 0.3) is 0 Å². The second-order valence-corrected chi connectivity index (χ2v) is 3.29. The molecule has 0 aromatic heterocycles. The van der Waals surface area contributed by atoms with Gasteiger partial charge in [0.1, 0.15) is 0 Å². The van der Waals surface area contributed by atoms with Gasteiger partial charge in [-0.15, -0.1) is 6.42 Å². The number of ketones is 1. The van der Waals surface area contributed by atoms with Crippen molar-refractivity contribution in [3.05, 3.63) is 0 Å². The van der Waals surface area contributed by atoms with Crippen LogP contribution in [0, 0.1) is 23.7 Å².